The number of likely N-dealkylation sites (tertiary alicyclic amines) is 1. The van der Waals surface area contributed by atoms with Gasteiger partial charge in [0.25, 0.3) is 0 Å². The first-order chi connectivity index (χ1) is 10.6. The molecule has 1 aliphatic rings. The molecule has 1 N–H and O–H groups in total. The molecule has 23 heavy (non-hydrogen) atoms. The molecule has 1 fully saturated rings. The molecule has 1 atom stereocenters. The lowest BCUT2D eigenvalue weighted by Crippen LogP contribution is -2.43. The van der Waals surface area contributed by atoms with Crippen LogP contribution in [0.4, 0.5) is 0 Å². The number of hydrogen-bond acceptors (Lipinski definition) is 2. The van der Waals surface area contributed by atoms with Gasteiger partial charge in [0.1, 0.15) is 0 Å². The first-order valence-electron chi connectivity index (χ1n) is 8.37. The van der Waals surface area contributed by atoms with Crippen molar-refractivity contribution < 1.29 is 0 Å². The number of rotatable bonds is 5. The van der Waals surface area contributed by atoms with Crippen molar-refractivity contribution >= 4 is 29.9 Å². The zero-order chi connectivity index (χ0) is 15.8. The van der Waals surface area contributed by atoms with Crippen LogP contribution < -0.4 is 5.32 Å². The van der Waals surface area contributed by atoms with E-state index >= 15 is 0 Å². The van der Waals surface area contributed by atoms with E-state index in [1.807, 2.05) is 20.2 Å². The fourth-order valence-electron chi connectivity index (χ4n) is 2.92. The Hall–Kier alpha value is -0.820. The van der Waals surface area contributed by atoms with Crippen LogP contribution >= 0.6 is 24.0 Å². The molecule has 1 aromatic carbocycles. The van der Waals surface area contributed by atoms with Crippen LogP contribution in [-0.4, -0.2) is 56.0 Å². The first kappa shape index (κ1) is 20.2. The fourth-order valence-corrected chi connectivity index (χ4v) is 2.92. The van der Waals surface area contributed by atoms with Gasteiger partial charge in [-0.25, -0.2) is 4.99 Å². The summed E-state index contributed by atoms with van der Waals surface area (Å²) in [7, 11) is 4.08. The van der Waals surface area contributed by atoms with Gasteiger partial charge in [0.05, 0.1) is 6.54 Å². The molecule has 0 spiro atoms. The molecule has 0 aromatic heterocycles. The van der Waals surface area contributed by atoms with Crippen LogP contribution in [0.2, 0.25) is 0 Å². The minimum absolute atomic E-state index is 0. The Balaban J connectivity index is 0.00000264. The molecular formula is C18H31IN4. The van der Waals surface area contributed by atoms with E-state index in [0.717, 1.165) is 31.5 Å². The average Bonchev–Trinajstić information content (AvgIpc) is 2.51. The lowest BCUT2D eigenvalue weighted by Gasteiger charge is -2.31. The SMILES string of the molecule is CC1CCCN(CCNC(=NCc2ccccc2)N(C)C)C1.I. The van der Waals surface area contributed by atoms with E-state index in [9.17, 15) is 0 Å². The zero-order valence-corrected chi connectivity index (χ0v) is 17.0. The van der Waals surface area contributed by atoms with Gasteiger partial charge >= 0.3 is 0 Å². The molecule has 1 heterocycles. The largest absolute Gasteiger partial charge is 0.355 e. The predicted octanol–water partition coefficient (Wildman–Crippen LogP) is 3.04. The van der Waals surface area contributed by atoms with Crippen molar-refractivity contribution in [3.8, 4) is 0 Å². The Kier molecular flexibility index (Phi) is 9.55. The maximum atomic E-state index is 4.70. The van der Waals surface area contributed by atoms with Gasteiger partial charge in [-0.15, -0.1) is 24.0 Å². The van der Waals surface area contributed by atoms with E-state index in [2.05, 4.69) is 46.3 Å². The van der Waals surface area contributed by atoms with Crippen LogP contribution in [0.15, 0.2) is 35.3 Å². The Labute approximate surface area is 158 Å². The van der Waals surface area contributed by atoms with Gasteiger partial charge in [-0.05, 0) is 30.9 Å². The standard InChI is InChI=1S/C18H30N4.HI/c1-16-8-7-12-22(15-16)13-11-19-18(21(2)3)20-14-17-9-5-4-6-10-17;/h4-6,9-10,16H,7-8,11-15H2,1-3H3,(H,19,20);1H. The quantitative estimate of drug-likeness (QED) is 0.443. The smallest absolute Gasteiger partial charge is 0.193 e. The average molecular weight is 430 g/mol. The molecule has 1 saturated heterocycles. The van der Waals surface area contributed by atoms with E-state index in [0.29, 0.717) is 0 Å². The number of hydrogen-bond donors (Lipinski definition) is 1. The lowest BCUT2D eigenvalue weighted by atomic mass is 10.0. The van der Waals surface area contributed by atoms with Gasteiger partial charge in [-0.3, -0.25) is 0 Å². The van der Waals surface area contributed by atoms with Gasteiger partial charge in [-0.1, -0.05) is 37.3 Å². The summed E-state index contributed by atoms with van der Waals surface area (Å²) in [6.45, 7) is 7.61. The number of nitrogens with zero attached hydrogens (tertiary/aromatic N) is 3. The molecule has 130 valence electrons. The summed E-state index contributed by atoms with van der Waals surface area (Å²) in [4.78, 5) is 9.32. The zero-order valence-electron chi connectivity index (χ0n) is 14.7. The number of halogens is 1. The monoisotopic (exact) mass is 430 g/mol. The van der Waals surface area contributed by atoms with E-state index in [1.165, 1.54) is 31.5 Å². The van der Waals surface area contributed by atoms with Crippen molar-refractivity contribution in [3.05, 3.63) is 35.9 Å². The number of piperidine rings is 1. The molecule has 0 amide bonds. The van der Waals surface area contributed by atoms with Gasteiger partial charge in [-0.2, -0.15) is 0 Å². The van der Waals surface area contributed by atoms with Crippen molar-refractivity contribution in [2.45, 2.75) is 26.3 Å². The molecular weight excluding hydrogens is 399 g/mol. The summed E-state index contributed by atoms with van der Waals surface area (Å²) in [5, 5.41) is 3.49. The van der Waals surface area contributed by atoms with E-state index in [4.69, 9.17) is 4.99 Å². The molecule has 5 heteroatoms. The third-order valence-electron chi connectivity index (χ3n) is 4.13. The van der Waals surface area contributed by atoms with E-state index < -0.39 is 0 Å². The first-order valence-corrected chi connectivity index (χ1v) is 8.37. The van der Waals surface area contributed by atoms with E-state index in [1.54, 1.807) is 0 Å². The molecule has 4 nitrogen and oxygen atoms in total. The van der Waals surface area contributed by atoms with Crippen molar-refractivity contribution in [1.82, 2.24) is 15.1 Å². The highest BCUT2D eigenvalue weighted by molar-refractivity contribution is 14.0. The minimum Gasteiger partial charge on any atom is -0.355 e. The third kappa shape index (κ3) is 7.52. The number of guanidine groups is 1. The summed E-state index contributed by atoms with van der Waals surface area (Å²) in [5.74, 6) is 1.81. The van der Waals surface area contributed by atoms with Crippen molar-refractivity contribution in [1.29, 1.82) is 0 Å². The van der Waals surface area contributed by atoms with Crippen molar-refractivity contribution in [2.75, 3.05) is 40.3 Å². The molecule has 0 saturated carbocycles. The highest BCUT2D eigenvalue weighted by Gasteiger charge is 2.15. The Morgan fingerprint density at radius 1 is 1.30 bits per heavy atom. The number of benzene rings is 1. The third-order valence-corrected chi connectivity index (χ3v) is 4.13. The molecule has 1 unspecified atom stereocenters. The lowest BCUT2D eigenvalue weighted by molar-refractivity contribution is 0.186. The van der Waals surface area contributed by atoms with E-state index in [-0.39, 0.29) is 24.0 Å². The topological polar surface area (TPSA) is 30.9 Å². The normalized spacial score (nSPS) is 19.1. The second-order valence-electron chi connectivity index (χ2n) is 6.49. The van der Waals surface area contributed by atoms with Gasteiger partial charge in [0.2, 0.25) is 0 Å². The van der Waals surface area contributed by atoms with Gasteiger partial charge in [0.15, 0.2) is 5.96 Å². The number of nitrogens with one attached hydrogen (secondary N) is 1. The summed E-state index contributed by atoms with van der Waals surface area (Å²) in [6, 6.07) is 10.4. The molecule has 0 aliphatic carbocycles. The van der Waals surface area contributed by atoms with Crippen molar-refractivity contribution in [3.63, 3.8) is 0 Å². The maximum absolute atomic E-state index is 4.70. The Morgan fingerprint density at radius 3 is 2.70 bits per heavy atom. The second-order valence-corrected chi connectivity index (χ2v) is 6.49. The van der Waals surface area contributed by atoms with Crippen LogP contribution in [0.3, 0.4) is 0 Å². The van der Waals surface area contributed by atoms with Crippen LogP contribution in [0.25, 0.3) is 0 Å². The minimum atomic E-state index is 0. The van der Waals surface area contributed by atoms with Crippen molar-refractivity contribution in [2.24, 2.45) is 10.9 Å². The molecule has 1 aromatic rings. The molecule has 0 radical (unpaired) electrons. The summed E-state index contributed by atoms with van der Waals surface area (Å²) < 4.78 is 0. The summed E-state index contributed by atoms with van der Waals surface area (Å²) >= 11 is 0. The summed E-state index contributed by atoms with van der Waals surface area (Å²) in [6.07, 6.45) is 2.72. The Morgan fingerprint density at radius 2 is 2.04 bits per heavy atom. The van der Waals surface area contributed by atoms with Crippen LogP contribution in [0.1, 0.15) is 25.3 Å². The number of aliphatic imine (C=N–C) groups is 1. The highest BCUT2D eigenvalue weighted by Crippen LogP contribution is 2.14. The van der Waals surface area contributed by atoms with Crippen LogP contribution in [0, 0.1) is 5.92 Å². The van der Waals surface area contributed by atoms with Crippen LogP contribution in [0.5, 0.6) is 0 Å². The van der Waals surface area contributed by atoms with Crippen LogP contribution in [-0.2, 0) is 6.54 Å². The maximum Gasteiger partial charge on any atom is 0.193 e. The second kappa shape index (κ2) is 10.9. The fraction of sp³-hybridized carbons (Fsp3) is 0.611. The van der Waals surface area contributed by atoms with Gasteiger partial charge in [0, 0.05) is 33.7 Å². The highest BCUT2D eigenvalue weighted by atomic mass is 127. The summed E-state index contributed by atoms with van der Waals surface area (Å²) in [5.41, 5.74) is 1.24. The molecule has 1 aliphatic heterocycles. The molecule has 0 bridgehead atoms. The molecule has 2 rings (SSSR count). The predicted molar refractivity (Wildman–Crippen MR) is 110 cm³/mol. The Bertz CT molecular complexity index is 461. The van der Waals surface area contributed by atoms with Gasteiger partial charge < -0.3 is 15.1 Å².